The second kappa shape index (κ2) is 6.06. The maximum atomic E-state index is 12.0. The van der Waals surface area contributed by atoms with Gasteiger partial charge in [0.05, 0.1) is 11.1 Å². The molecule has 0 saturated carbocycles. The largest absolute Gasteiger partial charge is 0.351 e. The highest BCUT2D eigenvalue weighted by Gasteiger charge is 2.26. The summed E-state index contributed by atoms with van der Waals surface area (Å²) in [5.74, 6) is 0.0748. The Bertz CT molecular complexity index is 465. The van der Waals surface area contributed by atoms with E-state index in [4.69, 9.17) is 11.6 Å². The van der Waals surface area contributed by atoms with Crippen LogP contribution in [0.4, 0.5) is 5.69 Å². The number of carbonyl (C=O) groups excluding carboxylic acids is 1. The summed E-state index contributed by atoms with van der Waals surface area (Å²) >= 11 is 5.73. The molecule has 0 radical (unpaired) electrons. The molecule has 1 aromatic heterocycles. The van der Waals surface area contributed by atoms with Crippen LogP contribution in [0, 0.1) is 15.5 Å². The number of carbonyl (C=O) groups is 1. The normalized spacial score (nSPS) is 13.1. The highest BCUT2D eigenvalue weighted by Crippen LogP contribution is 2.23. The van der Waals surface area contributed by atoms with Crippen LogP contribution in [0.3, 0.4) is 0 Å². The minimum atomic E-state index is -0.548. The minimum Gasteiger partial charge on any atom is -0.351 e. The lowest BCUT2D eigenvalue weighted by Gasteiger charge is -2.30. The van der Waals surface area contributed by atoms with Crippen LogP contribution in [0.1, 0.15) is 37.7 Å². The Balaban J connectivity index is 2.78. The van der Waals surface area contributed by atoms with Crippen molar-refractivity contribution in [3.8, 4) is 0 Å². The molecule has 0 fully saturated rings. The van der Waals surface area contributed by atoms with Gasteiger partial charge in [-0.25, -0.2) is 0 Å². The number of nitrogens with one attached hydrogen (secondary N) is 2. The maximum absolute atomic E-state index is 12.0. The van der Waals surface area contributed by atoms with E-state index in [2.05, 4.69) is 10.3 Å². The molecule has 106 valence electrons. The number of halogens is 1. The smallest absolute Gasteiger partial charge is 0.287 e. The molecule has 1 atom stereocenters. The molecule has 0 aliphatic heterocycles. The van der Waals surface area contributed by atoms with E-state index in [1.54, 1.807) is 0 Å². The molecular formula is C12H18ClN3O3. The second-order valence-corrected chi connectivity index (χ2v) is 5.78. The molecule has 0 aliphatic rings. The van der Waals surface area contributed by atoms with Crippen LogP contribution < -0.4 is 5.32 Å². The van der Waals surface area contributed by atoms with Crippen molar-refractivity contribution in [3.05, 3.63) is 28.1 Å². The monoisotopic (exact) mass is 287 g/mol. The third-order valence-electron chi connectivity index (χ3n) is 2.87. The van der Waals surface area contributed by atoms with Crippen LogP contribution in [-0.2, 0) is 0 Å². The molecule has 2 N–H and O–H groups in total. The predicted molar refractivity (Wildman–Crippen MR) is 73.5 cm³/mol. The van der Waals surface area contributed by atoms with Gasteiger partial charge in [-0.3, -0.25) is 14.9 Å². The number of alkyl halides is 1. The second-order valence-electron chi connectivity index (χ2n) is 5.40. The van der Waals surface area contributed by atoms with E-state index in [-0.39, 0.29) is 28.7 Å². The van der Waals surface area contributed by atoms with Gasteiger partial charge >= 0.3 is 0 Å². The van der Waals surface area contributed by atoms with Crippen molar-refractivity contribution in [2.75, 3.05) is 5.88 Å². The van der Waals surface area contributed by atoms with Crippen molar-refractivity contribution < 1.29 is 9.72 Å². The lowest BCUT2D eigenvalue weighted by molar-refractivity contribution is -0.384. The van der Waals surface area contributed by atoms with E-state index >= 15 is 0 Å². The Kier molecular flexibility index (Phi) is 4.94. The van der Waals surface area contributed by atoms with Crippen LogP contribution in [0.2, 0.25) is 0 Å². The molecule has 6 nitrogen and oxygen atoms in total. The summed E-state index contributed by atoms with van der Waals surface area (Å²) in [4.78, 5) is 24.6. The SMILES string of the molecule is CC(C)(C)C(CCCl)NC(=O)c1cc([N+](=O)[O-])c[nH]1. The van der Waals surface area contributed by atoms with Crippen LogP contribution in [0.5, 0.6) is 0 Å². The molecule has 1 rings (SSSR count). The molecule has 0 bridgehead atoms. The molecule has 19 heavy (non-hydrogen) atoms. The van der Waals surface area contributed by atoms with Gasteiger partial charge in [0.2, 0.25) is 0 Å². The Morgan fingerprint density at radius 1 is 1.58 bits per heavy atom. The first kappa shape index (κ1) is 15.5. The maximum Gasteiger partial charge on any atom is 0.287 e. The lowest BCUT2D eigenvalue weighted by Crippen LogP contribution is -2.44. The fourth-order valence-corrected chi connectivity index (χ4v) is 1.90. The molecule has 0 aromatic carbocycles. The zero-order valence-electron chi connectivity index (χ0n) is 11.2. The summed E-state index contributed by atoms with van der Waals surface area (Å²) in [5.41, 5.74) is -0.0892. The zero-order chi connectivity index (χ0) is 14.6. The van der Waals surface area contributed by atoms with E-state index in [0.29, 0.717) is 12.3 Å². The van der Waals surface area contributed by atoms with Gasteiger partial charge in [0.1, 0.15) is 5.69 Å². The van der Waals surface area contributed by atoms with E-state index < -0.39 is 4.92 Å². The van der Waals surface area contributed by atoms with Gasteiger partial charge < -0.3 is 10.3 Å². The fraction of sp³-hybridized carbons (Fsp3) is 0.583. The molecule has 1 aromatic rings. The van der Waals surface area contributed by atoms with Crippen molar-refractivity contribution in [2.24, 2.45) is 5.41 Å². The first-order valence-electron chi connectivity index (χ1n) is 5.95. The van der Waals surface area contributed by atoms with Crippen molar-refractivity contribution in [1.29, 1.82) is 0 Å². The third kappa shape index (κ3) is 4.24. The van der Waals surface area contributed by atoms with Crippen molar-refractivity contribution in [3.63, 3.8) is 0 Å². The molecule has 1 amide bonds. The first-order valence-corrected chi connectivity index (χ1v) is 6.48. The topological polar surface area (TPSA) is 88.0 Å². The lowest BCUT2D eigenvalue weighted by atomic mass is 9.85. The zero-order valence-corrected chi connectivity index (χ0v) is 12.0. The van der Waals surface area contributed by atoms with Crippen molar-refractivity contribution in [2.45, 2.75) is 33.2 Å². The number of hydrogen-bond donors (Lipinski definition) is 2. The van der Waals surface area contributed by atoms with Crippen LogP contribution in [0.15, 0.2) is 12.3 Å². The van der Waals surface area contributed by atoms with Gasteiger partial charge in [0.15, 0.2) is 0 Å². The van der Waals surface area contributed by atoms with E-state index in [0.717, 1.165) is 0 Å². The molecular weight excluding hydrogens is 270 g/mol. The fourth-order valence-electron chi connectivity index (χ4n) is 1.69. The molecule has 0 saturated heterocycles. The Morgan fingerprint density at radius 2 is 2.21 bits per heavy atom. The predicted octanol–water partition coefficient (Wildman–Crippen LogP) is 2.70. The van der Waals surface area contributed by atoms with E-state index in [1.165, 1.54) is 12.3 Å². The molecule has 1 unspecified atom stereocenters. The summed E-state index contributed by atoms with van der Waals surface area (Å²) in [7, 11) is 0. The number of nitrogens with zero attached hydrogens (tertiary/aromatic N) is 1. The van der Waals surface area contributed by atoms with Crippen molar-refractivity contribution >= 4 is 23.2 Å². The van der Waals surface area contributed by atoms with Gasteiger partial charge in [-0.05, 0) is 11.8 Å². The number of aromatic nitrogens is 1. The molecule has 1 heterocycles. The first-order chi connectivity index (χ1) is 8.75. The minimum absolute atomic E-state index is 0.0974. The number of aromatic amines is 1. The Labute approximate surface area is 116 Å². The number of amides is 1. The van der Waals surface area contributed by atoms with E-state index in [9.17, 15) is 14.9 Å². The Hall–Kier alpha value is -1.56. The van der Waals surface area contributed by atoms with E-state index in [1.807, 2.05) is 20.8 Å². The number of hydrogen-bond acceptors (Lipinski definition) is 3. The standard InChI is InChI=1S/C12H18ClN3O3/c1-12(2,3)10(4-5-13)15-11(17)9-6-8(7-14-9)16(18)19/h6-7,10,14H,4-5H2,1-3H3,(H,15,17). The van der Waals surface area contributed by atoms with Crippen LogP contribution in [0.25, 0.3) is 0 Å². The number of rotatable bonds is 5. The van der Waals surface area contributed by atoms with Crippen LogP contribution >= 0.6 is 11.6 Å². The molecule has 0 aliphatic carbocycles. The summed E-state index contributed by atoms with van der Waals surface area (Å²) in [6.45, 7) is 6.00. The van der Waals surface area contributed by atoms with Gasteiger partial charge in [-0.15, -0.1) is 11.6 Å². The highest BCUT2D eigenvalue weighted by molar-refractivity contribution is 6.17. The third-order valence-corrected chi connectivity index (χ3v) is 3.09. The average molecular weight is 288 g/mol. The van der Waals surface area contributed by atoms with Gasteiger partial charge in [0, 0.05) is 18.0 Å². The average Bonchev–Trinajstić information content (AvgIpc) is 2.76. The van der Waals surface area contributed by atoms with Crippen molar-refractivity contribution in [1.82, 2.24) is 10.3 Å². The Morgan fingerprint density at radius 3 is 2.63 bits per heavy atom. The molecule has 0 spiro atoms. The quantitative estimate of drug-likeness (QED) is 0.496. The van der Waals surface area contributed by atoms with Gasteiger partial charge in [-0.1, -0.05) is 20.8 Å². The van der Waals surface area contributed by atoms with Gasteiger partial charge in [0.25, 0.3) is 11.6 Å². The summed E-state index contributed by atoms with van der Waals surface area (Å²) in [6.07, 6.45) is 1.84. The summed E-state index contributed by atoms with van der Waals surface area (Å²) in [5, 5.41) is 13.4. The number of H-pyrrole nitrogens is 1. The number of nitro groups is 1. The molecule has 7 heteroatoms. The summed E-state index contributed by atoms with van der Waals surface area (Å²) in [6, 6.07) is 1.12. The highest BCUT2D eigenvalue weighted by atomic mass is 35.5. The van der Waals surface area contributed by atoms with Crippen LogP contribution in [-0.4, -0.2) is 27.7 Å². The summed E-state index contributed by atoms with van der Waals surface area (Å²) < 4.78 is 0. The van der Waals surface area contributed by atoms with Gasteiger partial charge in [-0.2, -0.15) is 0 Å².